The molecule has 2 aliphatic rings. The monoisotopic (exact) mass is 356 g/mol. The number of nitrogens with one attached hydrogen (secondary N) is 1. The van der Waals surface area contributed by atoms with Crippen LogP contribution < -0.4 is 5.32 Å². The number of hydrogen-bond donors (Lipinski definition) is 1. The van der Waals surface area contributed by atoms with Gasteiger partial charge in [-0.2, -0.15) is 0 Å². The summed E-state index contributed by atoms with van der Waals surface area (Å²) in [5.41, 5.74) is 1.26. The van der Waals surface area contributed by atoms with Gasteiger partial charge in [0, 0.05) is 18.7 Å². The average Bonchev–Trinajstić information content (AvgIpc) is 2.64. The highest BCUT2D eigenvalue weighted by molar-refractivity contribution is 6.02. The van der Waals surface area contributed by atoms with Gasteiger partial charge in [0.15, 0.2) is 0 Å². The molecule has 0 radical (unpaired) electrons. The van der Waals surface area contributed by atoms with Crippen LogP contribution >= 0.6 is 0 Å². The van der Waals surface area contributed by atoms with Crippen LogP contribution in [0.15, 0.2) is 24.3 Å². The predicted molar refractivity (Wildman–Crippen MR) is 104 cm³/mol. The van der Waals surface area contributed by atoms with E-state index in [4.69, 9.17) is 0 Å². The normalized spacial score (nSPS) is 21.8. The second-order valence-corrected chi connectivity index (χ2v) is 8.29. The van der Waals surface area contributed by atoms with E-state index in [1.54, 1.807) is 0 Å². The van der Waals surface area contributed by atoms with E-state index in [0.29, 0.717) is 24.6 Å². The van der Waals surface area contributed by atoms with E-state index in [0.717, 1.165) is 37.7 Å². The lowest BCUT2D eigenvalue weighted by molar-refractivity contribution is -0.127. The van der Waals surface area contributed by atoms with Crippen LogP contribution in [0.25, 0.3) is 0 Å². The van der Waals surface area contributed by atoms with Gasteiger partial charge >= 0.3 is 0 Å². The number of carbonyl (C=O) groups is 2. The molecular weight excluding hydrogens is 324 g/mol. The highest BCUT2D eigenvalue weighted by atomic mass is 16.2. The molecule has 1 unspecified atom stereocenters. The minimum absolute atomic E-state index is 0.0856. The van der Waals surface area contributed by atoms with Crippen molar-refractivity contribution < 1.29 is 9.59 Å². The molecule has 1 aliphatic heterocycles. The summed E-state index contributed by atoms with van der Waals surface area (Å²) in [5, 5.41) is 3.13. The van der Waals surface area contributed by atoms with E-state index in [-0.39, 0.29) is 23.3 Å². The Morgan fingerprint density at radius 3 is 2.58 bits per heavy atom. The maximum Gasteiger partial charge on any atom is 0.254 e. The highest BCUT2D eigenvalue weighted by Gasteiger charge is 2.54. The van der Waals surface area contributed by atoms with Gasteiger partial charge in [0.25, 0.3) is 5.91 Å². The first-order chi connectivity index (χ1) is 12.5. The van der Waals surface area contributed by atoms with Gasteiger partial charge in [-0.15, -0.1) is 0 Å². The van der Waals surface area contributed by atoms with Gasteiger partial charge in [-0.1, -0.05) is 58.2 Å². The summed E-state index contributed by atoms with van der Waals surface area (Å²) in [6.45, 7) is 7.77. The number of nitrogens with zero attached hydrogens (tertiary/aromatic N) is 1. The summed E-state index contributed by atoms with van der Waals surface area (Å²) in [6.07, 6.45) is 6.12. The summed E-state index contributed by atoms with van der Waals surface area (Å²) in [7, 11) is 0. The number of carbonyl (C=O) groups excluding carboxylic acids is 2. The number of hydrogen-bond acceptors (Lipinski definition) is 2. The molecule has 1 N–H and O–H groups in total. The third kappa shape index (κ3) is 3.26. The third-order valence-corrected chi connectivity index (χ3v) is 5.90. The Morgan fingerprint density at radius 2 is 1.92 bits per heavy atom. The highest BCUT2D eigenvalue weighted by Crippen LogP contribution is 2.49. The largest absolute Gasteiger partial charge is 0.356 e. The molecule has 1 aliphatic carbocycles. The number of fused-ring (bicyclic) bond motifs is 1. The Kier molecular flexibility index (Phi) is 5.69. The lowest BCUT2D eigenvalue weighted by Crippen LogP contribution is -2.63. The SMILES string of the molecule is CCCNC(=O)C1c2ccccc2C(=O)N(CC(C)C)C12CCCCC2. The number of rotatable bonds is 5. The quantitative estimate of drug-likeness (QED) is 0.863. The summed E-state index contributed by atoms with van der Waals surface area (Å²) < 4.78 is 0. The van der Waals surface area contributed by atoms with Crippen LogP contribution in [0.5, 0.6) is 0 Å². The molecule has 2 amide bonds. The van der Waals surface area contributed by atoms with E-state index in [1.165, 1.54) is 6.42 Å². The van der Waals surface area contributed by atoms with Crippen molar-refractivity contribution in [3.05, 3.63) is 35.4 Å². The number of amides is 2. The molecule has 4 heteroatoms. The Morgan fingerprint density at radius 1 is 1.23 bits per heavy atom. The van der Waals surface area contributed by atoms with Crippen LogP contribution in [-0.2, 0) is 4.79 Å². The van der Waals surface area contributed by atoms with E-state index in [9.17, 15) is 9.59 Å². The maximum absolute atomic E-state index is 13.4. The third-order valence-electron chi connectivity index (χ3n) is 5.90. The molecule has 26 heavy (non-hydrogen) atoms. The molecule has 0 bridgehead atoms. The van der Waals surface area contributed by atoms with Gasteiger partial charge in [-0.3, -0.25) is 9.59 Å². The van der Waals surface area contributed by atoms with Gasteiger partial charge in [0.2, 0.25) is 5.91 Å². The first-order valence-corrected chi connectivity index (χ1v) is 10.2. The standard InChI is InChI=1S/C22H32N2O2/c1-4-14-23-20(25)19-17-10-6-7-11-18(17)21(26)24(15-16(2)3)22(19)12-8-5-9-13-22/h6-7,10-11,16,19H,4-5,8-9,12-15H2,1-3H3,(H,23,25). The molecular formula is C22H32N2O2. The van der Waals surface area contributed by atoms with Crippen LogP contribution in [0.2, 0.25) is 0 Å². The molecule has 142 valence electrons. The summed E-state index contributed by atoms with van der Waals surface area (Å²) in [5.74, 6) is 0.308. The fraction of sp³-hybridized carbons (Fsp3) is 0.636. The Bertz CT molecular complexity index is 662. The van der Waals surface area contributed by atoms with Gasteiger partial charge in [-0.05, 0) is 36.8 Å². The Labute approximate surface area is 157 Å². The van der Waals surface area contributed by atoms with E-state index < -0.39 is 0 Å². The topological polar surface area (TPSA) is 49.4 Å². The molecule has 0 saturated heterocycles. The molecule has 1 atom stereocenters. The van der Waals surface area contributed by atoms with Crippen LogP contribution in [0.4, 0.5) is 0 Å². The van der Waals surface area contributed by atoms with Crippen molar-refractivity contribution in [3.8, 4) is 0 Å². The van der Waals surface area contributed by atoms with Crippen LogP contribution in [0, 0.1) is 5.92 Å². The minimum atomic E-state index is -0.369. The van der Waals surface area contributed by atoms with Crippen molar-refractivity contribution in [3.63, 3.8) is 0 Å². The number of benzene rings is 1. The van der Waals surface area contributed by atoms with Crippen LogP contribution in [0.1, 0.15) is 81.1 Å². The molecule has 1 fully saturated rings. The van der Waals surface area contributed by atoms with Crippen molar-refractivity contribution in [2.75, 3.05) is 13.1 Å². The van der Waals surface area contributed by atoms with E-state index in [2.05, 4.69) is 31.0 Å². The van der Waals surface area contributed by atoms with E-state index in [1.807, 2.05) is 24.3 Å². The molecule has 1 aromatic rings. The first-order valence-electron chi connectivity index (χ1n) is 10.2. The lowest BCUT2D eigenvalue weighted by atomic mass is 9.65. The van der Waals surface area contributed by atoms with Gasteiger partial charge in [0.1, 0.15) is 0 Å². The second-order valence-electron chi connectivity index (χ2n) is 8.29. The van der Waals surface area contributed by atoms with Gasteiger partial charge in [0.05, 0.1) is 11.5 Å². The van der Waals surface area contributed by atoms with Gasteiger partial charge in [-0.25, -0.2) is 0 Å². The molecule has 1 saturated carbocycles. The smallest absolute Gasteiger partial charge is 0.254 e. The van der Waals surface area contributed by atoms with Crippen molar-refractivity contribution in [1.29, 1.82) is 0 Å². The van der Waals surface area contributed by atoms with Crippen LogP contribution in [0.3, 0.4) is 0 Å². The second kappa shape index (κ2) is 7.81. The fourth-order valence-electron chi connectivity index (χ4n) is 4.82. The van der Waals surface area contributed by atoms with Crippen molar-refractivity contribution >= 4 is 11.8 Å². The first kappa shape index (κ1) is 18.9. The van der Waals surface area contributed by atoms with Crippen LogP contribution in [-0.4, -0.2) is 35.3 Å². The van der Waals surface area contributed by atoms with E-state index >= 15 is 0 Å². The summed E-state index contributed by atoms with van der Waals surface area (Å²) in [4.78, 5) is 28.7. The molecule has 1 aromatic carbocycles. The Hall–Kier alpha value is -1.84. The zero-order valence-electron chi connectivity index (χ0n) is 16.4. The van der Waals surface area contributed by atoms with Gasteiger partial charge < -0.3 is 10.2 Å². The molecule has 1 heterocycles. The van der Waals surface area contributed by atoms with Crippen molar-refractivity contribution in [2.45, 2.75) is 70.8 Å². The predicted octanol–water partition coefficient (Wildman–Crippen LogP) is 4.11. The Balaban J connectivity index is 2.13. The minimum Gasteiger partial charge on any atom is -0.356 e. The molecule has 4 nitrogen and oxygen atoms in total. The summed E-state index contributed by atoms with van der Waals surface area (Å²) >= 11 is 0. The average molecular weight is 357 g/mol. The van der Waals surface area contributed by atoms with Crippen molar-refractivity contribution in [2.24, 2.45) is 5.92 Å². The lowest BCUT2D eigenvalue weighted by Gasteiger charge is -2.54. The zero-order chi connectivity index (χ0) is 18.7. The summed E-state index contributed by atoms with van der Waals surface area (Å²) in [6, 6.07) is 7.75. The van der Waals surface area contributed by atoms with Crippen molar-refractivity contribution in [1.82, 2.24) is 10.2 Å². The maximum atomic E-state index is 13.4. The molecule has 3 rings (SSSR count). The molecule has 0 aromatic heterocycles. The fourth-order valence-corrected chi connectivity index (χ4v) is 4.82. The molecule has 1 spiro atoms. The zero-order valence-corrected chi connectivity index (χ0v) is 16.4.